The molecule has 1 nitrogen and oxygen atoms in total. The van der Waals surface area contributed by atoms with Gasteiger partial charge in [0, 0.05) is 6.54 Å². The van der Waals surface area contributed by atoms with Crippen molar-refractivity contribution in [1.29, 1.82) is 0 Å². The van der Waals surface area contributed by atoms with Crippen LogP contribution >= 0.6 is 0 Å². The molecule has 80 valence electrons. The molecule has 0 aliphatic rings. The molecule has 0 aliphatic carbocycles. The fourth-order valence-electron chi connectivity index (χ4n) is 1.67. The van der Waals surface area contributed by atoms with Crippen LogP contribution in [0.5, 0.6) is 0 Å². The van der Waals surface area contributed by atoms with Crippen molar-refractivity contribution in [3.63, 3.8) is 0 Å². The Hall–Kier alpha value is -1.26. The topological polar surface area (TPSA) is 12.0 Å². The minimum absolute atomic E-state index is 0.638. The molecule has 15 heavy (non-hydrogen) atoms. The Balaban J connectivity index is 2.74. The van der Waals surface area contributed by atoms with Crippen molar-refractivity contribution < 1.29 is 0 Å². The summed E-state index contributed by atoms with van der Waals surface area (Å²) in [7, 11) is 0. The quantitative estimate of drug-likeness (QED) is 0.570. The smallest absolute Gasteiger partial charge is 0.0576 e. The van der Waals surface area contributed by atoms with Gasteiger partial charge in [0.2, 0.25) is 0 Å². The molecule has 0 atom stereocenters. The Bertz CT molecular complexity index is 347. The van der Waals surface area contributed by atoms with Gasteiger partial charge < -0.3 is 5.32 Å². The van der Waals surface area contributed by atoms with Crippen LogP contribution in [0.25, 0.3) is 0 Å². The monoisotopic (exact) mass is 201 g/mol. The maximum Gasteiger partial charge on any atom is 0.0576 e. The first-order valence-electron chi connectivity index (χ1n) is 5.56. The summed E-state index contributed by atoms with van der Waals surface area (Å²) in [5, 5.41) is 3.23. The molecular formula is C14H19N. The molecular weight excluding hydrogens is 182 g/mol. The largest absolute Gasteiger partial charge is 0.302 e. The van der Waals surface area contributed by atoms with E-state index >= 15 is 0 Å². The molecule has 1 aromatic rings. The van der Waals surface area contributed by atoms with E-state index in [1.54, 1.807) is 0 Å². The maximum atomic E-state index is 5.20. The van der Waals surface area contributed by atoms with Gasteiger partial charge in [0.25, 0.3) is 0 Å². The van der Waals surface area contributed by atoms with E-state index in [0.29, 0.717) is 6.54 Å². The molecule has 0 bridgehead atoms. The number of terminal acetylenes is 1. The summed E-state index contributed by atoms with van der Waals surface area (Å²) < 4.78 is 0. The number of rotatable bonds is 5. The summed E-state index contributed by atoms with van der Waals surface area (Å²) >= 11 is 0. The van der Waals surface area contributed by atoms with Crippen molar-refractivity contribution in [3.8, 4) is 12.3 Å². The van der Waals surface area contributed by atoms with Crippen LogP contribution in [-0.2, 0) is 19.4 Å². The minimum atomic E-state index is 0.638. The lowest BCUT2D eigenvalue weighted by molar-refractivity contribution is 0.761. The van der Waals surface area contributed by atoms with Crippen molar-refractivity contribution in [2.45, 2.75) is 33.2 Å². The van der Waals surface area contributed by atoms with Gasteiger partial charge in [-0.05, 0) is 29.5 Å². The third kappa shape index (κ3) is 3.42. The lowest BCUT2D eigenvalue weighted by Crippen LogP contribution is -2.14. The van der Waals surface area contributed by atoms with E-state index < -0.39 is 0 Å². The number of nitrogens with one attached hydrogen (secondary N) is 1. The van der Waals surface area contributed by atoms with E-state index in [4.69, 9.17) is 6.42 Å². The van der Waals surface area contributed by atoms with Crippen molar-refractivity contribution in [1.82, 2.24) is 5.32 Å². The molecule has 0 heterocycles. The number of aryl methyl sites for hydroxylation is 2. The van der Waals surface area contributed by atoms with Crippen LogP contribution in [0.3, 0.4) is 0 Å². The molecule has 1 heteroatoms. The molecule has 0 amide bonds. The molecule has 0 unspecified atom stereocenters. The standard InChI is InChI=1S/C14H19N/c1-4-9-15-11-14-8-7-12(5-2)10-13(14)6-3/h1,7-8,10,15H,5-6,9,11H2,2-3H3. The van der Waals surface area contributed by atoms with Crippen LogP contribution in [0.4, 0.5) is 0 Å². The molecule has 1 rings (SSSR count). The van der Waals surface area contributed by atoms with E-state index in [1.165, 1.54) is 16.7 Å². The molecule has 0 radical (unpaired) electrons. The van der Waals surface area contributed by atoms with Crippen LogP contribution in [0.1, 0.15) is 30.5 Å². The average Bonchev–Trinajstić information content (AvgIpc) is 2.29. The maximum absolute atomic E-state index is 5.20. The first-order chi connectivity index (χ1) is 7.31. The number of hydrogen-bond acceptors (Lipinski definition) is 1. The van der Waals surface area contributed by atoms with E-state index in [0.717, 1.165) is 19.4 Å². The van der Waals surface area contributed by atoms with Crippen LogP contribution in [0, 0.1) is 12.3 Å². The van der Waals surface area contributed by atoms with E-state index in [1.807, 2.05) is 0 Å². The fraction of sp³-hybridized carbons (Fsp3) is 0.429. The number of hydrogen-bond donors (Lipinski definition) is 1. The van der Waals surface area contributed by atoms with Gasteiger partial charge in [0.15, 0.2) is 0 Å². The van der Waals surface area contributed by atoms with Crippen LogP contribution < -0.4 is 5.32 Å². The highest BCUT2D eigenvalue weighted by Crippen LogP contribution is 2.13. The van der Waals surface area contributed by atoms with Crippen molar-refractivity contribution >= 4 is 0 Å². The Morgan fingerprint density at radius 2 is 2.00 bits per heavy atom. The van der Waals surface area contributed by atoms with Crippen molar-refractivity contribution in [2.75, 3.05) is 6.54 Å². The molecule has 0 aliphatic heterocycles. The van der Waals surface area contributed by atoms with Gasteiger partial charge in [-0.25, -0.2) is 0 Å². The Morgan fingerprint density at radius 3 is 2.60 bits per heavy atom. The second-order valence-electron chi connectivity index (χ2n) is 3.62. The lowest BCUT2D eigenvalue weighted by Gasteiger charge is -2.09. The van der Waals surface area contributed by atoms with Gasteiger partial charge in [0.05, 0.1) is 6.54 Å². The Morgan fingerprint density at radius 1 is 1.20 bits per heavy atom. The molecule has 0 saturated heterocycles. The highest BCUT2D eigenvalue weighted by atomic mass is 14.8. The van der Waals surface area contributed by atoms with Gasteiger partial charge in [-0.3, -0.25) is 0 Å². The molecule has 0 aromatic heterocycles. The van der Waals surface area contributed by atoms with Gasteiger partial charge in [-0.15, -0.1) is 6.42 Å². The Labute approximate surface area is 92.9 Å². The van der Waals surface area contributed by atoms with Gasteiger partial charge in [-0.2, -0.15) is 0 Å². The molecule has 1 N–H and O–H groups in total. The molecule has 0 fully saturated rings. The van der Waals surface area contributed by atoms with E-state index in [-0.39, 0.29) is 0 Å². The minimum Gasteiger partial charge on any atom is -0.302 e. The summed E-state index contributed by atoms with van der Waals surface area (Å²) in [6.45, 7) is 5.89. The third-order valence-electron chi connectivity index (χ3n) is 2.60. The zero-order valence-electron chi connectivity index (χ0n) is 9.64. The summed E-state index contributed by atoms with van der Waals surface area (Å²) in [5.74, 6) is 2.59. The summed E-state index contributed by atoms with van der Waals surface area (Å²) in [6, 6.07) is 6.71. The van der Waals surface area contributed by atoms with Crippen molar-refractivity contribution in [3.05, 3.63) is 34.9 Å². The summed E-state index contributed by atoms with van der Waals surface area (Å²) in [4.78, 5) is 0. The second kappa shape index (κ2) is 6.27. The van der Waals surface area contributed by atoms with E-state index in [9.17, 15) is 0 Å². The molecule has 1 aromatic carbocycles. The van der Waals surface area contributed by atoms with Gasteiger partial charge >= 0.3 is 0 Å². The second-order valence-corrected chi connectivity index (χ2v) is 3.62. The van der Waals surface area contributed by atoms with E-state index in [2.05, 4.69) is 43.3 Å². The van der Waals surface area contributed by atoms with Gasteiger partial charge in [0.1, 0.15) is 0 Å². The summed E-state index contributed by atoms with van der Waals surface area (Å²) in [5.41, 5.74) is 4.20. The summed E-state index contributed by atoms with van der Waals surface area (Å²) in [6.07, 6.45) is 7.38. The molecule has 0 saturated carbocycles. The zero-order valence-corrected chi connectivity index (χ0v) is 9.64. The SMILES string of the molecule is C#CCNCc1ccc(CC)cc1CC. The normalized spacial score (nSPS) is 9.93. The van der Waals surface area contributed by atoms with Crippen LogP contribution in [0.2, 0.25) is 0 Å². The first kappa shape index (κ1) is 11.8. The average molecular weight is 201 g/mol. The predicted octanol–water partition coefficient (Wildman–Crippen LogP) is 2.53. The van der Waals surface area contributed by atoms with Gasteiger partial charge in [-0.1, -0.05) is 38.0 Å². The van der Waals surface area contributed by atoms with Crippen LogP contribution in [-0.4, -0.2) is 6.54 Å². The fourth-order valence-corrected chi connectivity index (χ4v) is 1.67. The number of benzene rings is 1. The first-order valence-corrected chi connectivity index (χ1v) is 5.56. The molecule has 0 spiro atoms. The highest BCUT2D eigenvalue weighted by molar-refractivity contribution is 5.32. The predicted molar refractivity (Wildman–Crippen MR) is 65.7 cm³/mol. The Kier molecular flexibility index (Phi) is 4.93. The van der Waals surface area contributed by atoms with Crippen LogP contribution in [0.15, 0.2) is 18.2 Å². The van der Waals surface area contributed by atoms with Crippen molar-refractivity contribution in [2.24, 2.45) is 0 Å². The lowest BCUT2D eigenvalue weighted by atomic mass is 10.0. The highest BCUT2D eigenvalue weighted by Gasteiger charge is 2.01. The zero-order chi connectivity index (χ0) is 11.1. The third-order valence-corrected chi connectivity index (χ3v) is 2.60.